The van der Waals surface area contributed by atoms with Crippen molar-refractivity contribution in [3.63, 3.8) is 0 Å². The van der Waals surface area contributed by atoms with Crippen molar-refractivity contribution in [1.82, 2.24) is 4.31 Å². The molecule has 1 saturated heterocycles. The Bertz CT molecular complexity index is 983. The number of sulfonamides is 1. The number of rotatable bonds is 6. The molecule has 3 N–H and O–H groups in total. The molecule has 156 valence electrons. The lowest BCUT2D eigenvalue weighted by Crippen LogP contribution is -2.41. The summed E-state index contributed by atoms with van der Waals surface area (Å²) in [4.78, 5) is 4.40. The molecule has 0 saturated carbocycles. The van der Waals surface area contributed by atoms with E-state index >= 15 is 0 Å². The molecule has 8 heteroatoms. The van der Waals surface area contributed by atoms with Gasteiger partial charge in [0, 0.05) is 18.8 Å². The Hall–Kier alpha value is -2.42. The molecule has 0 unspecified atom stereocenters. The molecular weight excluding hydrogens is 388 g/mol. The summed E-state index contributed by atoms with van der Waals surface area (Å²) in [6.45, 7) is 6.07. The van der Waals surface area contributed by atoms with E-state index in [9.17, 15) is 8.42 Å². The van der Waals surface area contributed by atoms with Gasteiger partial charge in [0.2, 0.25) is 10.0 Å². The minimum Gasteiger partial charge on any atom is -0.379 e. The highest BCUT2D eigenvalue weighted by atomic mass is 32.2. The minimum absolute atomic E-state index is 0.0524. The smallest absolute Gasteiger partial charge is 0.218 e. The fourth-order valence-electron chi connectivity index (χ4n) is 3.14. The largest absolute Gasteiger partial charge is 0.379 e. The average molecular weight is 417 g/mol. The van der Waals surface area contributed by atoms with E-state index in [0.29, 0.717) is 38.8 Å². The van der Waals surface area contributed by atoms with E-state index in [1.54, 1.807) is 0 Å². The predicted octanol–water partition coefficient (Wildman–Crippen LogP) is 2.39. The molecule has 3 rings (SSSR count). The normalized spacial score (nSPS) is 16.0. The third-order valence-electron chi connectivity index (χ3n) is 5.02. The molecule has 1 aliphatic heterocycles. The quantitative estimate of drug-likeness (QED) is 0.557. The summed E-state index contributed by atoms with van der Waals surface area (Å²) in [6.07, 6.45) is 0. The summed E-state index contributed by atoms with van der Waals surface area (Å²) in [5.41, 5.74) is 10.9. The molecule has 0 atom stereocenters. The van der Waals surface area contributed by atoms with Crippen molar-refractivity contribution in [3.05, 3.63) is 64.7 Å². The molecule has 0 aromatic heterocycles. The topological polar surface area (TPSA) is 97.0 Å². The lowest BCUT2D eigenvalue weighted by atomic mass is 10.1. The predicted molar refractivity (Wildman–Crippen MR) is 116 cm³/mol. The van der Waals surface area contributed by atoms with Gasteiger partial charge in [-0.1, -0.05) is 30.3 Å². The van der Waals surface area contributed by atoms with Crippen molar-refractivity contribution in [2.24, 2.45) is 10.7 Å². The fourth-order valence-corrected chi connectivity index (χ4v) is 4.70. The minimum atomic E-state index is -3.40. The lowest BCUT2D eigenvalue weighted by molar-refractivity contribution is 0.0729. The average Bonchev–Trinajstić information content (AvgIpc) is 2.70. The summed E-state index contributed by atoms with van der Waals surface area (Å²) in [5.74, 6) is 0.238. The zero-order valence-corrected chi connectivity index (χ0v) is 17.7. The van der Waals surface area contributed by atoms with Gasteiger partial charge in [-0.05, 0) is 48.2 Å². The lowest BCUT2D eigenvalue weighted by Gasteiger charge is -2.26. The number of nitrogens with one attached hydrogen (secondary N) is 1. The van der Waals surface area contributed by atoms with E-state index in [1.165, 1.54) is 15.4 Å². The molecule has 0 radical (unpaired) electrons. The third-order valence-corrected chi connectivity index (χ3v) is 6.85. The van der Waals surface area contributed by atoms with Gasteiger partial charge in [-0.15, -0.1) is 0 Å². The Morgan fingerprint density at radius 3 is 2.48 bits per heavy atom. The van der Waals surface area contributed by atoms with Crippen molar-refractivity contribution < 1.29 is 13.2 Å². The molecular formula is C21H28N4O3S. The Labute approximate surface area is 172 Å². The van der Waals surface area contributed by atoms with Crippen LogP contribution in [0.4, 0.5) is 5.69 Å². The molecule has 7 nitrogen and oxygen atoms in total. The van der Waals surface area contributed by atoms with Gasteiger partial charge in [0.05, 0.1) is 25.5 Å². The number of aryl methyl sites for hydroxylation is 2. The maximum absolute atomic E-state index is 12.7. The van der Waals surface area contributed by atoms with Crippen LogP contribution in [0.2, 0.25) is 0 Å². The highest BCUT2D eigenvalue weighted by Crippen LogP contribution is 2.18. The van der Waals surface area contributed by atoms with E-state index < -0.39 is 10.0 Å². The number of hydrogen-bond acceptors (Lipinski definition) is 4. The SMILES string of the molecule is Cc1ccc(NC(N)=NCc2ccccc2CS(=O)(=O)N2CCOCC2)cc1C. The second-order valence-electron chi connectivity index (χ2n) is 7.16. The summed E-state index contributed by atoms with van der Waals surface area (Å²) in [6, 6.07) is 13.4. The Morgan fingerprint density at radius 1 is 1.10 bits per heavy atom. The van der Waals surface area contributed by atoms with Crippen molar-refractivity contribution >= 4 is 21.7 Å². The first kappa shape index (κ1) is 21.3. The van der Waals surface area contributed by atoms with E-state index in [2.05, 4.69) is 17.2 Å². The number of hydrogen-bond donors (Lipinski definition) is 2. The van der Waals surface area contributed by atoms with Crippen molar-refractivity contribution in [1.29, 1.82) is 0 Å². The van der Waals surface area contributed by atoms with E-state index in [4.69, 9.17) is 10.5 Å². The fraction of sp³-hybridized carbons (Fsp3) is 0.381. The summed E-state index contributed by atoms with van der Waals surface area (Å²) < 4.78 is 32.2. The standard InChI is InChI=1S/C21H28N4O3S/c1-16-7-8-20(13-17(16)2)24-21(22)23-14-18-5-3-4-6-19(18)15-29(26,27)25-9-11-28-12-10-25/h3-8,13H,9-12,14-15H2,1-2H3,(H3,22,23,24). The van der Waals surface area contributed by atoms with Crippen LogP contribution >= 0.6 is 0 Å². The first-order valence-corrected chi connectivity index (χ1v) is 11.2. The highest BCUT2D eigenvalue weighted by Gasteiger charge is 2.25. The number of benzene rings is 2. The number of aliphatic imine (C=N–C) groups is 1. The van der Waals surface area contributed by atoms with Crippen molar-refractivity contribution in [2.45, 2.75) is 26.1 Å². The number of guanidine groups is 1. The molecule has 1 heterocycles. The third kappa shape index (κ3) is 5.79. The number of ether oxygens (including phenoxy) is 1. The van der Waals surface area contributed by atoms with Crippen LogP contribution in [0.1, 0.15) is 22.3 Å². The Kier molecular flexibility index (Phi) is 6.89. The first-order chi connectivity index (χ1) is 13.8. The zero-order valence-electron chi connectivity index (χ0n) is 16.9. The molecule has 2 aromatic rings. The van der Waals surface area contributed by atoms with Gasteiger partial charge in [0.25, 0.3) is 0 Å². The zero-order chi connectivity index (χ0) is 20.9. The van der Waals surface area contributed by atoms with Gasteiger partial charge in [-0.25, -0.2) is 13.4 Å². The van der Waals surface area contributed by atoms with Crippen LogP contribution in [0.5, 0.6) is 0 Å². The monoisotopic (exact) mass is 416 g/mol. The molecule has 1 fully saturated rings. The van der Waals surface area contributed by atoms with Crippen LogP contribution in [0, 0.1) is 13.8 Å². The van der Waals surface area contributed by atoms with E-state index in [0.717, 1.165) is 16.8 Å². The summed E-state index contributed by atoms with van der Waals surface area (Å²) in [7, 11) is -3.40. The number of anilines is 1. The second kappa shape index (κ2) is 9.39. The highest BCUT2D eigenvalue weighted by molar-refractivity contribution is 7.88. The van der Waals surface area contributed by atoms with Gasteiger partial charge >= 0.3 is 0 Å². The molecule has 0 amide bonds. The molecule has 0 bridgehead atoms. The van der Waals surface area contributed by atoms with Crippen LogP contribution in [0.3, 0.4) is 0 Å². The van der Waals surface area contributed by atoms with Gasteiger partial charge in [-0.2, -0.15) is 4.31 Å². The van der Waals surface area contributed by atoms with E-state index in [1.807, 2.05) is 49.4 Å². The van der Waals surface area contributed by atoms with Crippen LogP contribution < -0.4 is 11.1 Å². The Balaban J connectivity index is 1.69. The van der Waals surface area contributed by atoms with Gasteiger partial charge < -0.3 is 15.8 Å². The maximum atomic E-state index is 12.7. The molecule has 0 aliphatic carbocycles. The summed E-state index contributed by atoms with van der Waals surface area (Å²) in [5, 5.41) is 3.09. The number of nitrogens with zero attached hydrogens (tertiary/aromatic N) is 2. The first-order valence-electron chi connectivity index (χ1n) is 9.62. The van der Waals surface area contributed by atoms with Crippen LogP contribution in [-0.4, -0.2) is 45.0 Å². The Morgan fingerprint density at radius 2 is 1.79 bits per heavy atom. The van der Waals surface area contributed by atoms with Gasteiger partial charge in [-0.3, -0.25) is 0 Å². The maximum Gasteiger partial charge on any atom is 0.218 e. The van der Waals surface area contributed by atoms with E-state index in [-0.39, 0.29) is 5.75 Å². The van der Waals surface area contributed by atoms with Crippen molar-refractivity contribution in [3.8, 4) is 0 Å². The summed E-state index contributed by atoms with van der Waals surface area (Å²) >= 11 is 0. The van der Waals surface area contributed by atoms with Crippen LogP contribution in [0.25, 0.3) is 0 Å². The number of morpholine rings is 1. The second-order valence-corrected chi connectivity index (χ2v) is 9.13. The van der Waals surface area contributed by atoms with Crippen LogP contribution in [-0.2, 0) is 27.1 Å². The van der Waals surface area contributed by atoms with Gasteiger partial charge in [0.15, 0.2) is 5.96 Å². The molecule has 2 aromatic carbocycles. The van der Waals surface area contributed by atoms with Crippen LogP contribution in [0.15, 0.2) is 47.5 Å². The molecule has 0 spiro atoms. The molecule has 29 heavy (non-hydrogen) atoms. The van der Waals surface area contributed by atoms with Gasteiger partial charge in [0.1, 0.15) is 0 Å². The van der Waals surface area contributed by atoms with Crippen molar-refractivity contribution in [2.75, 3.05) is 31.6 Å². The molecule has 1 aliphatic rings. The number of nitrogens with two attached hydrogens (primary N) is 1.